The van der Waals surface area contributed by atoms with Crippen molar-refractivity contribution in [2.45, 2.75) is 32.9 Å². The molecule has 0 aliphatic carbocycles. The molecule has 0 aromatic heterocycles. The van der Waals surface area contributed by atoms with Crippen LogP contribution in [-0.2, 0) is 11.3 Å². The highest BCUT2D eigenvalue weighted by Gasteiger charge is 2.18. The van der Waals surface area contributed by atoms with Crippen molar-refractivity contribution in [3.63, 3.8) is 0 Å². The number of hydrogen-bond acceptors (Lipinski definition) is 2. The van der Waals surface area contributed by atoms with Gasteiger partial charge in [0.15, 0.2) is 0 Å². The predicted octanol–water partition coefficient (Wildman–Crippen LogP) is 3.18. The number of benzene rings is 1. The van der Waals surface area contributed by atoms with Gasteiger partial charge < -0.3 is 10.4 Å². The molecule has 0 spiro atoms. The quantitative estimate of drug-likeness (QED) is 0.847. The number of halogens is 2. The molecule has 1 aromatic rings. The standard InChI is InChI=1S/C13H17BrFNO2/c1-8(2)6-11(13(17)18)16-7-9-4-3-5-10(15)12(9)14/h3-5,8,11,16H,6-7H2,1-2H3,(H,17,18). The van der Waals surface area contributed by atoms with Crippen molar-refractivity contribution < 1.29 is 14.3 Å². The topological polar surface area (TPSA) is 49.3 Å². The number of hydrogen-bond donors (Lipinski definition) is 2. The lowest BCUT2D eigenvalue weighted by molar-refractivity contribution is -0.140. The fourth-order valence-electron chi connectivity index (χ4n) is 1.66. The van der Waals surface area contributed by atoms with Crippen LogP contribution in [0.5, 0.6) is 0 Å². The average molecular weight is 318 g/mol. The van der Waals surface area contributed by atoms with Crippen molar-refractivity contribution in [3.05, 3.63) is 34.1 Å². The summed E-state index contributed by atoms with van der Waals surface area (Å²) in [6.45, 7) is 4.26. The molecule has 2 N–H and O–H groups in total. The Morgan fingerprint density at radius 1 is 1.50 bits per heavy atom. The molecule has 3 nitrogen and oxygen atoms in total. The molecule has 0 aliphatic rings. The molecule has 1 aromatic carbocycles. The van der Waals surface area contributed by atoms with Gasteiger partial charge in [0.2, 0.25) is 0 Å². The molecule has 18 heavy (non-hydrogen) atoms. The summed E-state index contributed by atoms with van der Waals surface area (Å²) in [4.78, 5) is 11.1. The van der Waals surface area contributed by atoms with Crippen molar-refractivity contribution in [1.82, 2.24) is 5.32 Å². The molecule has 100 valence electrons. The summed E-state index contributed by atoms with van der Waals surface area (Å²) in [5, 5.41) is 12.0. The Morgan fingerprint density at radius 3 is 2.72 bits per heavy atom. The SMILES string of the molecule is CC(C)CC(NCc1cccc(F)c1Br)C(=O)O. The van der Waals surface area contributed by atoms with Crippen molar-refractivity contribution in [1.29, 1.82) is 0 Å². The summed E-state index contributed by atoms with van der Waals surface area (Å²) in [6, 6.07) is 4.11. The summed E-state index contributed by atoms with van der Waals surface area (Å²) in [6.07, 6.45) is 0.544. The van der Waals surface area contributed by atoms with Crippen LogP contribution in [0.25, 0.3) is 0 Å². The maximum Gasteiger partial charge on any atom is 0.320 e. The molecular formula is C13H17BrFNO2. The van der Waals surface area contributed by atoms with Crippen molar-refractivity contribution >= 4 is 21.9 Å². The number of nitrogens with one attached hydrogen (secondary N) is 1. The van der Waals surface area contributed by atoms with E-state index in [4.69, 9.17) is 5.11 Å². The molecule has 5 heteroatoms. The van der Waals surface area contributed by atoms with Gasteiger partial charge in [-0.3, -0.25) is 4.79 Å². The third-order valence-corrected chi connectivity index (χ3v) is 3.46. The second kappa shape index (κ2) is 6.85. The van der Waals surface area contributed by atoms with Gasteiger partial charge in [0.05, 0.1) is 4.47 Å². The van der Waals surface area contributed by atoms with Crippen molar-refractivity contribution in [3.8, 4) is 0 Å². The van der Waals surface area contributed by atoms with Gasteiger partial charge in [-0.25, -0.2) is 4.39 Å². The minimum atomic E-state index is -0.878. The molecule has 0 heterocycles. The number of carboxylic acid groups (broad SMARTS) is 1. The van der Waals surface area contributed by atoms with Gasteiger partial charge in [-0.05, 0) is 39.9 Å². The molecule has 1 rings (SSSR count). The van der Waals surface area contributed by atoms with E-state index < -0.39 is 12.0 Å². The Bertz CT molecular complexity index is 423. The minimum Gasteiger partial charge on any atom is -0.480 e. The van der Waals surface area contributed by atoms with Crippen LogP contribution < -0.4 is 5.32 Å². The first-order valence-electron chi connectivity index (χ1n) is 5.81. The van der Waals surface area contributed by atoms with Gasteiger partial charge in [-0.1, -0.05) is 26.0 Å². The number of aliphatic carboxylic acids is 1. The first-order chi connectivity index (χ1) is 8.41. The second-order valence-electron chi connectivity index (χ2n) is 4.61. The zero-order chi connectivity index (χ0) is 13.7. The highest BCUT2D eigenvalue weighted by molar-refractivity contribution is 9.10. The lowest BCUT2D eigenvalue weighted by atomic mass is 10.0. The van der Waals surface area contributed by atoms with E-state index in [1.807, 2.05) is 13.8 Å². The van der Waals surface area contributed by atoms with Crippen LogP contribution in [-0.4, -0.2) is 17.1 Å². The highest BCUT2D eigenvalue weighted by atomic mass is 79.9. The largest absolute Gasteiger partial charge is 0.480 e. The van der Waals surface area contributed by atoms with E-state index in [-0.39, 0.29) is 11.7 Å². The van der Waals surface area contributed by atoms with Gasteiger partial charge in [-0.15, -0.1) is 0 Å². The zero-order valence-corrected chi connectivity index (χ0v) is 12.0. The summed E-state index contributed by atoms with van der Waals surface area (Å²) in [5.41, 5.74) is 0.713. The van der Waals surface area contributed by atoms with Crippen LogP contribution in [0, 0.1) is 11.7 Å². The van der Waals surface area contributed by atoms with E-state index >= 15 is 0 Å². The summed E-state index contributed by atoms with van der Waals surface area (Å²) in [7, 11) is 0. The smallest absolute Gasteiger partial charge is 0.320 e. The van der Waals surface area contributed by atoms with E-state index in [1.54, 1.807) is 12.1 Å². The van der Waals surface area contributed by atoms with Gasteiger partial charge in [0, 0.05) is 6.54 Å². The molecule has 1 atom stereocenters. The van der Waals surface area contributed by atoms with Gasteiger partial charge in [-0.2, -0.15) is 0 Å². The Morgan fingerprint density at radius 2 is 2.17 bits per heavy atom. The van der Waals surface area contributed by atoms with Crippen LogP contribution in [0.1, 0.15) is 25.8 Å². The normalized spacial score (nSPS) is 12.7. The van der Waals surface area contributed by atoms with E-state index in [2.05, 4.69) is 21.2 Å². The molecule has 0 radical (unpaired) electrons. The molecule has 0 bridgehead atoms. The predicted molar refractivity (Wildman–Crippen MR) is 71.8 cm³/mol. The van der Waals surface area contributed by atoms with E-state index in [9.17, 15) is 9.18 Å². The van der Waals surface area contributed by atoms with Crippen LogP contribution in [0.4, 0.5) is 4.39 Å². The summed E-state index contributed by atoms with van der Waals surface area (Å²) >= 11 is 3.16. The molecule has 0 aliphatic heterocycles. The molecule has 1 unspecified atom stereocenters. The monoisotopic (exact) mass is 317 g/mol. The molecule has 0 fully saturated rings. The minimum absolute atomic E-state index is 0.287. The van der Waals surface area contributed by atoms with Crippen LogP contribution in [0.2, 0.25) is 0 Å². The fraction of sp³-hybridized carbons (Fsp3) is 0.462. The Hall–Kier alpha value is -0.940. The number of carbonyl (C=O) groups is 1. The average Bonchev–Trinajstić information content (AvgIpc) is 2.28. The van der Waals surface area contributed by atoms with Gasteiger partial charge in [0.1, 0.15) is 11.9 Å². The van der Waals surface area contributed by atoms with Crippen LogP contribution >= 0.6 is 15.9 Å². The molecule has 0 amide bonds. The Kier molecular flexibility index (Phi) is 5.75. The maximum atomic E-state index is 13.3. The summed E-state index contributed by atoms with van der Waals surface area (Å²) < 4.78 is 13.7. The summed E-state index contributed by atoms with van der Waals surface area (Å²) in [5.74, 6) is -0.934. The fourth-order valence-corrected chi connectivity index (χ4v) is 2.07. The zero-order valence-electron chi connectivity index (χ0n) is 10.4. The van der Waals surface area contributed by atoms with Crippen LogP contribution in [0.3, 0.4) is 0 Å². The third-order valence-electron chi connectivity index (χ3n) is 2.58. The molecule has 0 saturated carbocycles. The number of rotatable bonds is 6. The van der Waals surface area contributed by atoms with Gasteiger partial charge >= 0.3 is 5.97 Å². The van der Waals surface area contributed by atoms with E-state index in [1.165, 1.54) is 6.07 Å². The number of carboxylic acids is 1. The Balaban J connectivity index is 2.67. The maximum absolute atomic E-state index is 13.3. The van der Waals surface area contributed by atoms with E-state index in [0.29, 0.717) is 23.0 Å². The Labute approximate surface area is 115 Å². The van der Waals surface area contributed by atoms with E-state index in [0.717, 1.165) is 0 Å². The first-order valence-corrected chi connectivity index (χ1v) is 6.60. The first kappa shape index (κ1) is 15.1. The highest BCUT2D eigenvalue weighted by Crippen LogP contribution is 2.20. The lowest BCUT2D eigenvalue weighted by Gasteiger charge is -2.17. The van der Waals surface area contributed by atoms with Gasteiger partial charge in [0.25, 0.3) is 0 Å². The molecular weight excluding hydrogens is 301 g/mol. The van der Waals surface area contributed by atoms with Crippen LogP contribution in [0.15, 0.2) is 22.7 Å². The van der Waals surface area contributed by atoms with Crippen molar-refractivity contribution in [2.75, 3.05) is 0 Å². The van der Waals surface area contributed by atoms with Crippen molar-refractivity contribution in [2.24, 2.45) is 5.92 Å². The molecule has 0 saturated heterocycles. The second-order valence-corrected chi connectivity index (χ2v) is 5.41. The lowest BCUT2D eigenvalue weighted by Crippen LogP contribution is -2.37. The third kappa shape index (κ3) is 4.38.